The molecule has 100 valence electrons. The molecule has 0 aromatic carbocycles. The average molecular weight is 250 g/mol. The largest absolute Gasteiger partial charge is 0.478 e. The molecular weight excluding hydrogens is 228 g/mol. The lowest BCUT2D eigenvalue weighted by Gasteiger charge is -2.26. The van der Waals surface area contributed by atoms with Crippen LogP contribution in [0.2, 0.25) is 0 Å². The Balaban J connectivity index is 3.22. The summed E-state index contributed by atoms with van der Waals surface area (Å²) < 4.78 is 0. The normalized spacial score (nSPS) is 12.6. The van der Waals surface area contributed by atoms with Crippen LogP contribution in [0.3, 0.4) is 0 Å². The molecule has 0 radical (unpaired) electrons. The number of carboxylic acids is 1. The number of nitrogens with zero attached hydrogens (tertiary/aromatic N) is 2. The molecule has 0 spiro atoms. The number of carboxylic acid groups (broad SMARTS) is 1. The molecule has 18 heavy (non-hydrogen) atoms. The van der Waals surface area contributed by atoms with E-state index in [0.29, 0.717) is 11.6 Å². The number of rotatable bonds is 5. The summed E-state index contributed by atoms with van der Waals surface area (Å²) >= 11 is 0. The fourth-order valence-electron chi connectivity index (χ4n) is 1.64. The highest BCUT2D eigenvalue weighted by molar-refractivity contribution is 5.88. The van der Waals surface area contributed by atoms with E-state index in [1.807, 2.05) is 25.8 Å². The molecule has 4 heteroatoms. The van der Waals surface area contributed by atoms with E-state index >= 15 is 0 Å². The zero-order chi connectivity index (χ0) is 13.9. The maximum Gasteiger partial charge on any atom is 0.335 e. The number of anilines is 1. The topological polar surface area (TPSA) is 53.4 Å². The van der Waals surface area contributed by atoms with E-state index in [4.69, 9.17) is 5.11 Å². The summed E-state index contributed by atoms with van der Waals surface area (Å²) in [6.45, 7) is 8.23. The first kappa shape index (κ1) is 14.5. The summed E-state index contributed by atoms with van der Waals surface area (Å²) in [6.07, 6.45) is 0.993. The second-order valence-corrected chi connectivity index (χ2v) is 4.97. The highest BCUT2D eigenvalue weighted by Crippen LogP contribution is 2.21. The zero-order valence-corrected chi connectivity index (χ0v) is 11.8. The summed E-state index contributed by atoms with van der Waals surface area (Å²) in [5, 5.41) is 9.15. The lowest BCUT2D eigenvalue weighted by atomic mass is 10.1. The summed E-state index contributed by atoms with van der Waals surface area (Å²) in [5.41, 5.74) is 1.12. The molecule has 0 aliphatic carbocycles. The van der Waals surface area contributed by atoms with Crippen molar-refractivity contribution >= 4 is 11.8 Å². The SMILES string of the molecule is CCC(C)N(C)c1cc(C(=O)O)cc(C(C)C)n1. The number of hydrogen-bond donors (Lipinski definition) is 1. The molecule has 1 unspecified atom stereocenters. The van der Waals surface area contributed by atoms with Crippen LogP contribution >= 0.6 is 0 Å². The van der Waals surface area contributed by atoms with Crippen molar-refractivity contribution in [3.63, 3.8) is 0 Å². The number of carbonyl (C=O) groups is 1. The Morgan fingerprint density at radius 3 is 2.44 bits per heavy atom. The maximum absolute atomic E-state index is 11.1. The quantitative estimate of drug-likeness (QED) is 0.872. The molecule has 1 aromatic heterocycles. The number of hydrogen-bond acceptors (Lipinski definition) is 3. The van der Waals surface area contributed by atoms with Gasteiger partial charge in [0.2, 0.25) is 0 Å². The first-order chi connectivity index (χ1) is 8.36. The Hall–Kier alpha value is -1.58. The van der Waals surface area contributed by atoms with E-state index < -0.39 is 5.97 Å². The summed E-state index contributed by atoms with van der Waals surface area (Å²) in [7, 11) is 1.95. The molecule has 0 aliphatic heterocycles. The predicted octanol–water partition coefficient (Wildman–Crippen LogP) is 3.14. The summed E-state index contributed by atoms with van der Waals surface area (Å²) in [4.78, 5) is 17.7. The van der Waals surface area contributed by atoms with Crippen molar-refractivity contribution in [2.24, 2.45) is 0 Å². The van der Waals surface area contributed by atoms with Gasteiger partial charge in [0.25, 0.3) is 0 Å². The van der Waals surface area contributed by atoms with E-state index in [0.717, 1.165) is 17.9 Å². The van der Waals surface area contributed by atoms with E-state index in [9.17, 15) is 4.79 Å². The molecule has 1 N–H and O–H groups in total. The van der Waals surface area contributed by atoms with Crippen molar-refractivity contribution in [3.05, 3.63) is 23.4 Å². The molecule has 1 atom stereocenters. The smallest absolute Gasteiger partial charge is 0.335 e. The van der Waals surface area contributed by atoms with Crippen molar-refractivity contribution in [3.8, 4) is 0 Å². The van der Waals surface area contributed by atoms with E-state index in [2.05, 4.69) is 18.8 Å². The Kier molecular flexibility index (Phi) is 4.70. The van der Waals surface area contributed by atoms with Gasteiger partial charge in [0.1, 0.15) is 5.82 Å². The predicted molar refractivity (Wildman–Crippen MR) is 73.4 cm³/mol. The monoisotopic (exact) mass is 250 g/mol. The van der Waals surface area contributed by atoms with Crippen molar-refractivity contribution in [1.82, 2.24) is 4.98 Å². The molecule has 1 heterocycles. The highest BCUT2D eigenvalue weighted by atomic mass is 16.4. The maximum atomic E-state index is 11.1. The van der Waals surface area contributed by atoms with Gasteiger partial charge in [-0.2, -0.15) is 0 Å². The van der Waals surface area contributed by atoms with Crippen LogP contribution in [-0.2, 0) is 0 Å². The van der Waals surface area contributed by atoms with Gasteiger partial charge in [-0.05, 0) is 31.4 Å². The molecule has 1 aromatic rings. The number of aromatic nitrogens is 1. The van der Waals surface area contributed by atoms with Gasteiger partial charge in [-0.1, -0.05) is 20.8 Å². The molecule has 0 bridgehead atoms. The first-order valence-corrected chi connectivity index (χ1v) is 6.34. The van der Waals surface area contributed by atoms with Crippen molar-refractivity contribution < 1.29 is 9.90 Å². The molecule has 1 rings (SSSR count). The number of aromatic carboxylic acids is 1. The van der Waals surface area contributed by atoms with Gasteiger partial charge < -0.3 is 10.0 Å². The third kappa shape index (κ3) is 3.22. The molecule has 0 aliphatic rings. The Morgan fingerprint density at radius 1 is 1.39 bits per heavy atom. The van der Waals surface area contributed by atoms with Gasteiger partial charge >= 0.3 is 5.97 Å². The van der Waals surface area contributed by atoms with Crippen LogP contribution < -0.4 is 4.90 Å². The minimum absolute atomic E-state index is 0.216. The second-order valence-electron chi connectivity index (χ2n) is 4.97. The van der Waals surface area contributed by atoms with Gasteiger partial charge in [-0.3, -0.25) is 0 Å². The van der Waals surface area contributed by atoms with Crippen LogP contribution in [0, 0.1) is 0 Å². The molecule has 0 fully saturated rings. The summed E-state index contributed by atoms with van der Waals surface area (Å²) in [6, 6.07) is 3.63. The van der Waals surface area contributed by atoms with Crippen molar-refractivity contribution in [2.75, 3.05) is 11.9 Å². The van der Waals surface area contributed by atoms with Crippen LogP contribution in [0.4, 0.5) is 5.82 Å². The van der Waals surface area contributed by atoms with Crippen LogP contribution in [0.25, 0.3) is 0 Å². The Bertz CT molecular complexity index is 430. The fraction of sp³-hybridized carbons (Fsp3) is 0.571. The van der Waals surface area contributed by atoms with Gasteiger partial charge in [0.15, 0.2) is 0 Å². The molecule has 0 amide bonds. The van der Waals surface area contributed by atoms with Crippen LogP contribution in [0.15, 0.2) is 12.1 Å². The lowest BCUT2D eigenvalue weighted by Crippen LogP contribution is -2.29. The van der Waals surface area contributed by atoms with E-state index in [1.165, 1.54) is 0 Å². The Morgan fingerprint density at radius 2 is 2.00 bits per heavy atom. The standard InChI is InChI=1S/C14H22N2O2/c1-6-10(4)16(5)13-8-11(14(17)18)7-12(15-13)9(2)3/h7-10H,6H2,1-5H3,(H,17,18). The molecule has 4 nitrogen and oxygen atoms in total. The van der Waals surface area contributed by atoms with Crippen LogP contribution in [-0.4, -0.2) is 29.1 Å². The van der Waals surface area contributed by atoms with Crippen molar-refractivity contribution in [1.29, 1.82) is 0 Å². The van der Waals surface area contributed by atoms with Crippen LogP contribution in [0.5, 0.6) is 0 Å². The van der Waals surface area contributed by atoms with Gasteiger partial charge in [0.05, 0.1) is 5.56 Å². The molecule has 0 saturated heterocycles. The highest BCUT2D eigenvalue weighted by Gasteiger charge is 2.15. The third-order valence-corrected chi connectivity index (χ3v) is 3.28. The lowest BCUT2D eigenvalue weighted by molar-refractivity contribution is 0.0696. The van der Waals surface area contributed by atoms with Gasteiger partial charge in [0, 0.05) is 18.8 Å². The van der Waals surface area contributed by atoms with Gasteiger partial charge in [-0.15, -0.1) is 0 Å². The van der Waals surface area contributed by atoms with Crippen molar-refractivity contribution in [2.45, 2.75) is 46.1 Å². The fourth-order valence-corrected chi connectivity index (χ4v) is 1.64. The van der Waals surface area contributed by atoms with E-state index in [-0.39, 0.29) is 5.92 Å². The second kappa shape index (κ2) is 5.85. The average Bonchev–Trinajstić information content (AvgIpc) is 2.36. The zero-order valence-electron chi connectivity index (χ0n) is 11.8. The van der Waals surface area contributed by atoms with E-state index in [1.54, 1.807) is 12.1 Å². The first-order valence-electron chi connectivity index (χ1n) is 6.34. The third-order valence-electron chi connectivity index (χ3n) is 3.28. The summed E-state index contributed by atoms with van der Waals surface area (Å²) in [5.74, 6) is 0.0411. The van der Waals surface area contributed by atoms with Crippen LogP contribution in [0.1, 0.15) is 56.1 Å². The van der Waals surface area contributed by atoms with Gasteiger partial charge in [-0.25, -0.2) is 9.78 Å². The molecular formula is C14H22N2O2. The minimum atomic E-state index is -0.905. The Labute approximate surface area is 109 Å². The molecule has 0 saturated carbocycles. The number of pyridine rings is 1. The minimum Gasteiger partial charge on any atom is -0.478 e.